The van der Waals surface area contributed by atoms with Gasteiger partial charge < -0.3 is 14.2 Å². The summed E-state index contributed by atoms with van der Waals surface area (Å²) < 4.78 is 16.4. The van der Waals surface area contributed by atoms with Crippen LogP contribution in [0.2, 0.25) is 0 Å². The summed E-state index contributed by atoms with van der Waals surface area (Å²) >= 11 is 0. The molecule has 0 radical (unpaired) electrons. The van der Waals surface area contributed by atoms with Crippen molar-refractivity contribution < 1.29 is 14.2 Å². The van der Waals surface area contributed by atoms with Gasteiger partial charge in [-0.15, -0.1) is 0 Å². The highest BCUT2D eigenvalue weighted by Crippen LogP contribution is 2.18. The first kappa shape index (κ1) is 13.5. The molecular weight excluding hydrogens is 180 g/mol. The molecule has 14 heavy (non-hydrogen) atoms. The van der Waals surface area contributed by atoms with Crippen LogP contribution >= 0.6 is 0 Å². The Morgan fingerprint density at radius 2 is 1.57 bits per heavy atom. The zero-order valence-corrected chi connectivity index (χ0v) is 9.87. The maximum atomic E-state index is 5.66. The Morgan fingerprint density at radius 3 is 1.86 bits per heavy atom. The number of hydrogen-bond donors (Lipinski definition) is 0. The molecule has 0 aromatic heterocycles. The fourth-order valence-electron chi connectivity index (χ4n) is 1.30. The maximum absolute atomic E-state index is 5.66. The SMILES string of the molecule is C=COCC(C)(OC(C)C)OC(C)C. The van der Waals surface area contributed by atoms with Crippen LogP contribution in [0.4, 0.5) is 0 Å². The van der Waals surface area contributed by atoms with E-state index in [0.29, 0.717) is 6.61 Å². The van der Waals surface area contributed by atoms with Crippen LogP contribution in [-0.2, 0) is 14.2 Å². The Morgan fingerprint density at radius 1 is 1.14 bits per heavy atom. The van der Waals surface area contributed by atoms with Crippen LogP contribution in [0.3, 0.4) is 0 Å². The lowest BCUT2D eigenvalue weighted by Crippen LogP contribution is -2.41. The van der Waals surface area contributed by atoms with Gasteiger partial charge in [0.05, 0.1) is 18.5 Å². The normalized spacial score (nSPS) is 12.2. The molecule has 84 valence electrons. The van der Waals surface area contributed by atoms with Crippen LogP contribution in [0.1, 0.15) is 34.6 Å². The summed E-state index contributed by atoms with van der Waals surface area (Å²) in [6.07, 6.45) is 1.60. The van der Waals surface area contributed by atoms with E-state index in [1.165, 1.54) is 6.26 Å². The first-order valence-corrected chi connectivity index (χ1v) is 4.98. The van der Waals surface area contributed by atoms with Gasteiger partial charge in [-0.1, -0.05) is 6.58 Å². The van der Waals surface area contributed by atoms with Crippen molar-refractivity contribution in [3.05, 3.63) is 12.8 Å². The summed E-state index contributed by atoms with van der Waals surface area (Å²) in [5, 5.41) is 0. The molecule has 0 saturated carbocycles. The Labute approximate surface area is 87.0 Å². The van der Waals surface area contributed by atoms with Gasteiger partial charge >= 0.3 is 0 Å². The molecule has 0 N–H and O–H groups in total. The zero-order valence-electron chi connectivity index (χ0n) is 9.87. The summed E-state index contributed by atoms with van der Waals surface area (Å²) in [4.78, 5) is 0. The molecule has 0 aromatic carbocycles. The fourth-order valence-corrected chi connectivity index (χ4v) is 1.30. The van der Waals surface area contributed by atoms with Gasteiger partial charge in [0.25, 0.3) is 0 Å². The predicted molar refractivity (Wildman–Crippen MR) is 57.0 cm³/mol. The van der Waals surface area contributed by atoms with E-state index in [1.807, 2.05) is 34.6 Å². The number of ether oxygens (including phenoxy) is 3. The van der Waals surface area contributed by atoms with Gasteiger partial charge in [-0.3, -0.25) is 0 Å². The molecule has 3 heteroatoms. The second-order valence-electron chi connectivity index (χ2n) is 3.94. The van der Waals surface area contributed by atoms with Crippen LogP contribution in [0.25, 0.3) is 0 Å². The Kier molecular flexibility index (Phi) is 5.81. The van der Waals surface area contributed by atoms with Crippen molar-refractivity contribution in [1.82, 2.24) is 0 Å². The summed E-state index contributed by atoms with van der Waals surface area (Å²) in [6, 6.07) is 0. The Bertz CT molecular complexity index is 154. The molecule has 0 bridgehead atoms. The van der Waals surface area contributed by atoms with Crippen molar-refractivity contribution in [1.29, 1.82) is 0 Å². The molecule has 0 aliphatic carbocycles. The first-order chi connectivity index (χ1) is 6.39. The van der Waals surface area contributed by atoms with E-state index in [1.54, 1.807) is 0 Å². The lowest BCUT2D eigenvalue weighted by Gasteiger charge is -2.32. The molecule has 0 aliphatic rings. The number of hydrogen-bond acceptors (Lipinski definition) is 3. The average Bonchev–Trinajstić information content (AvgIpc) is 1.97. The topological polar surface area (TPSA) is 27.7 Å². The van der Waals surface area contributed by atoms with Crippen molar-refractivity contribution in [2.24, 2.45) is 0 Å². The second kappa shape index (κ2) is 6.04. The molecule has 0 spiro atoms. The van der Waals surface area contributed by atoms with Gasteiger partial charge in [-0.2, -0.15) is 0 Å². The molecule has 0 aliphatic heterocycles. The molecule has 0 heterocycles. The largest absolute Gasteiger partial charge is 0.496 e. The second-order valence-corrected chi connectivity index (χ2v) is 3.94. The molecule has 0 rings (SSSR count). The van der Waals surface area contributed by atoms with Crippen LogP contribution in [-0.4, -0.2) is 24.6 Å². The minimum absolute atomic E-state index is 0.104. The Hall–Kier alpha value is -0.540. The van der Waals surface area contributed by atoms with Crippen LogP contribution in [0, 0.1) is 0 Å². The fraction of sp³-hybridized carbons (Fsp3) is 0.818. The van der Waals surface area contributed by atoms with Crippen molar-refractivity contribution in [3.63, 3.8) is 0 Å². The lowest BCUT2D eigenvalue weighted by molar-refractivity contribution is -0.273. The molecule has 0 atom stereocenters. The van der Waals surface area contributed by atoms with Crippen LogP contribution in [0.15, 0.2) is 12.8 Å². The molecular formula is C11H22O3. The van der Waals surface area contributed by atoms with Crippen molar-refractivity contribution in [3.8, 4) is 0 Å². The van der Waals surface area contributed by atoms with E-state index in [-0.39, 0.29) is 12.2 Å². The summed E-state index contributed by atoms with van der Waals surface area (Å²) in [7, 11) is 0. The van der Waals surface area contributed by atoms with Gasteiger partial charge in [-0.25, -0.2) is 0 Å². The lowest BCUT2D eigenvalue weighted by atomic mass is 10.3. The van der Waals surface area contributed by atoms with E-state index in [0.717, 1.165) is 0 Å². The molecule has 0 aromatic rings. The Balaban J connectivity index is 4.24. The van der Waals surface area contributed by atoms with Gasteiger partial charge in [-0.05, 0) is 34.6 Å². The van der Waals surface area contributed by atoms with Crippen LogP contribution in [0.5, 0.6) is 0 Å². The van der Waals surface area contributed by atoms with Crippen LogP contribution < -0.4 is 0 Å². The average molecular weight is 202 g/mol. The summed E-state index contributed by atoms with van der Waals surface area (Å²) in [6.45, 7) is 13.6. The number of rotatable bonds is 7. The highest BCUT2D eigenvalue weighted by Gasteiger charge is 2.29. The van der Waals surface area contributed by atoms with Gasteiger partial charge in [0.2, 0.25) is 0 Å². The van der Waals surface area contributed by atoms with E-state index in [4.69, 9.17) is 14.2 Å². The third-order valence-electron chi connectivity index (χ3n) is 1.43. The van der Waals surface area contributed by atoms with Crippen molar-refractivity contribution in [2.45, 2.75) is 52.6 Å². The van der Waals surface area contributed by atoms with Gasteiger partial charge in [0, 0.05) is 0 Å². The third-order valence-corrected chi connectivity index (χ3v) is 1.43. The monoisotopic (exact) mass is 202 g/mol. The molecule has 3 nitrogen and oxygen atoms in total. The van der Waals surface area contributed by atoms with E-state index in [2.05, 4.69) is 6.58 Å². The highest BCUT2D eigenvalue weighted by molar-refractivity contribution is 4.67. The first-order valence-electron chi connectivity index (χ1n) is 4.98. The third kappa shape index (κ3) is 6.00. The van der Waals surface area contributed by atoms with E-state index >= 15 is 0 Å². The minimum Gasteiger partial charge on any atom is -0.496 e. The van der Waals surface area contributed by atoms with E-state index in [9.17, 15) is 0 Å². The van der Waals surface area contributed by atoms with Gasteiger partial charge in [0.1, 0.15) is 6.61 Å². The summed E-state index contributed by atoms with van der Waals surface area (Å²) in [5.41, 5.74) is 0. The molecule has 0 unspecified atom stereocenters. The maximum Gasteiger partial charge on any atom is 0.200 e. The molecule has 0 amide bonds. The summed E-state index contributed by atoms with van der Waals surface area (Å²) in [5.74, 6) is -0.698. The van der Waals surface area contributed by atoms with Crippen molar-refractivity contribution >= 4 is 0 Å². The smallest absolute Gasteiger partial charge is 0.200 e. The minimum atomic E-state index is -0.698. The predicted octanol–water partition coefficient (Wildman–Crippen LogP) is 2.71. The van der Waals surface area contributed by atoms with Gasteiger partial charge in [0.15, 0.2) is 5.79 Å². The van der Waals surface area contributed by atoms with Crippen molar-refractivity contribution in [2.75, 3.05) is 6.61 Å². The highest BCUT2D eigenvalue weighted by atomic mass is 16.7. The standard InChI is InChI=1S/C11H22O3/c1-7-12-8-11(6,13-9(2)3)14-10(4)5/h7,9-10H,1,8H2,2-6H3. The molecule has 0 fully saturated rings. The van der Waals surface area contributed by atoms with E-state index < -0.39 is 5.79 Å². The zero-order chi connectivity index (χ0) is 11.2. The quantitative estimate of drug-likeness (QED) is 0.469. The molecule has 0 saturated heterocycles.